The summed E-state index contributed by atoms with van der Waals surface area (Å²) in [5, 5.41) is 5.20. The number of rotatable bonds is 3. The second-order valence-electron chi connectivity index (χ2n) is 5.06. The Labute approximate surface area is 132 Å². The van der Waals surface area contributed by atoms with Crippen molar-refractivity contribution in [3.8, 4) is 0 Å². The van der Waals surface area contributed by atoms with E-state index in [0.29, 0.717) is 23.2 Å². The fourth-order valence-corrected chi connectivity index (χ4v) is 3.69. The molecule has 21 heavy (non-hydrogen) atoms. The topological polar surface area (TPSA) is 89.7 Å². The molecule has 0 saturated carbocycles. The number of carbonyl (C=O) groups excluding carboxylic acids is 1. The number of ether oxygens (including phenoxy) is 1. The molecule has 1 saturated heterocycles. The van der Waals surface area contributed by atoms with Crippen LogP contribution in [0.25, 0.3) is 0 Å². The Morgan fingerprint density at radius 3 is 2.67 bits per heavy atom. The first-order valence-electron chi connectivity index (χ1n) is 6.39. The molecule has 2 N–H and O–H groups in total. The maximum Gasteiger partial charge on any atom is 0.254 e. The van der Waals surface area contributed by atoms with Gasteiger partial charge in [-0.3, -0.25) is 4.79 Å². The summed E-state index contributed by atoms with van der Waals surface area (Å²) in [4.78, 5) is 14.0. The standard InChI is InChI=1S/C13H17BrN2O4S/c1-8-11(14)5-9(6-12(8)21(15,18)19)13(17)16(2)10-3-4-20-7-10/h5-6,10H,3-4,7H2,1-2H3,(H2,15,18,19). The van der Waals surface area contributed by atoms with E-state index in [-0.39, 0.29) is 22.4 Å². The van der Waals surface area contributed by atoms with Gasteiger partial charge in [-0.2, -0.15) is 0 Å². The number of likely N-dealkylation sites (N-methyl/N-ethyl adjacent to an activating group) is 1. The van der Waals surface area contributed by atoms with Crippen molar-refractivity contribution in [2.75, 3.05) is 20.3 Å². The van der Waals surface area contributed by atoms with E-state index in [2.05, 4.69) is 15.9 Å². The van der Waals surface area contributed by atoms with Gasteiger partial charge < -0.3 is 9.64 Å². The van der Waals surface area contributed by atoms with Gasteiger partial charge in [-0.25, -0.2) is 13.6 Å². The van der Waals surface area contributed by atoms with Crippen molar-refractivity contribution in [2.45, 2.75) is 24.3 Å². The Morgan fingerprint density at radius 2 is 2.14 bits per heavy atom. The van der Waals surface area contributed by atoms with Gasteiger partial charge in [-0.1, -0.05) is 15.9 Å². The van der Waals surface area contributed by atoms with Gasteiger partial charge in [-0.15, -0.1) is 0 Å². The molecule has 1 amide bonds. The predicted octanol–water partition coefficient (Wildman–Crippen LogP) is 1.27. The third kappa shape index (κ3) is 3.45. The fourth-order valence-electron chi connectivity index (χ4n) is 2.27. The monoisotopic (exact) mass is 376 g/mol. The number of benzene rings is 1. The molecule has 1 aliphatic heterocycles. The predicted molar refractivity (Wildman–Crippen MR) is 81.6 cm³/mol. The number of carbonyl (C=O) groups is 1. The molecule has 2 rings (SSSR count). The molecule has 1 aliphatic rings. The lowest BCUT2D eigenvalue weighted by atomic mass is 10.1. The highest BCUT2D eigenvalue weighted by Crippen LogP contribution is 2.26. The zero-order chi connectivity index (χ0) is 15.8. The van der Waals surface area contributed by atoms with Crippen LogP contribution in [0.2, 0.25) is 0 Å². The summed E-state index contributed by atoms with van der Waals surface area (Å²) >= 11 is 3.27. The van der Waals surface area contributed by atoms with Crippen molar-refractivity contribution >= 4 is 31.9 Å². The smallest absolute Gasteiger partial charge is 0.254 e. The minimum Gasteiger partial charge on any atom is -0.379 e. The molecule has 1 aromatic rings. The van der Waals surface area contributed by atoms with Crippen molar-refractivity contribution < 1.29 is 17.9 Å². The molecule has 0 aromatic heterocycles. The van der Waals surface area contributed by atoms with Crippen LogP contribution in [0.5, 0.6) is 0 Å². The molecule has 1 fully saturated rings. The average molecular weight is 377 g/mol. The Morgan fingerprint density at radius 1 is 1.48 bits per heavy atom. The van der Waals surface area contributed by atoms with Crippen LogP contribution < -0.4 is 5.14 Å². The van der Waals surface area contributed by atoms with Gasteiger partial charge in [0.25, 0.3) is 5.91 Å². The molecule has 8 heteroatoms. The fraction of sp³-hybridized carbons (Fsp3) is 0.462. The molecule has 1 aromatic carbocycles. The summed E-state index contributed by atoms with van der Waals surface area (Å²) in [5.74, 6) is -0.254. The van der Waals surface area contributed by atoms with Crippen molar-refractivity contribution in [1.82, 2.24) is 4.90 Å². The van der Waals surface area contributed by atoms with E-state index in [1.807, 2.05) is 0 Å². The van der Waals surface area contributed by atoms with Crippen LogP contribution in [-0.2, 0) is 14.8 Å². The van der Waals surface area contributed by atoms with Gasteiger partial charge in [0.1, 0.15) is 0 Å². The molecular formula is C13H17BrN2O4S. The van der Waals surface area contributed by atoms with Crippen molar-refractivity contribution in [3.05, 3.63) is 27.7 Å². The minimum absolute atomic E-state index is 0.00973. The van der Waals surface area contributed by atoms with Gasteiger partial charge in [0, 0.05) is 23.7 Å². The van der Waals surface area contributed by atoms with Crippen molar-refractivity contribution in [2.24, 2.45) is 5.14 Å². The number of primary sulfonamides is 1. The first-order valence-corrected chi connectivity index (χ1v) is 8.73. The van der Waals surface area contributed by atoms with E-state index in [1.54, 1.807) is 24.9 Å². The first-order chi connectivity index (χ1) is 9.71. The van der Waals surface area contributed by atoms with E-state index in [9.17, 15) is 13.2 Å². The van der Waals surface area contributed by atoms with E-state index >= 15 is 0 Å². The Hall–Kier alpha value is -0.960. The van der Waals surface area contributed by atoms with Gasteiger partial charge in [0.2, 0.25) is 10.0 Å². The van der Waals surface area contributed by atoms with Gasteiger partial charge in [0.15, 0.2) is 0 Å². The maximum absolute atomic E-state index is 12.5. The molecule has 0 spiro atoms. The largest absolute Gasteiger partial charge is 0.379 e. The van der Waals surface area contributed by atoms with Crippen LogP contribution in [0.3, 0.4) is 0 Å². The zero-order valence-corrected chi connectivity index (χ0v) is 14.2. The summed E-state index contributed by atoms with van der Waals surface area (Å²) in [7, 11) is -2.20. The number of nitrogens with two attached hydrogens (primary N) is 1. The third-order valence-electron chi connectivity index (χ3n) is 3.62. The molecule has 6 nitrogen and oxygen atoms in total. The van der Waals surface area contributed by atoms with E-state index in [4.69, 9.17) is 9.88 Å². The van der Waals surface area contributed by atoms with Crippen LogP contribution in [0.15, 0.2) is 21.5 Å². The number of halogens is 1. The summed E-state index contributed by atoms with van der Waals surface area (Å²) in [6.45, 7) is 2.76. The number of nitrogens with zero attached hydrogens (tertiary/aromatic N) is 1. The SMILES string of the molecule is Cc1c(Br)cc(C(=O)N(C)C2CCOC2)cc1S(N)(=O)=O. The molecule has 1 unspecified atom stereocenters. The highest BCUT2D eigenvalue weighted by molar-refractivity contribution is 9.10. The second-order valence-corrected chi connectivity index (χ2v) is 7.44. The maximum atomic E-state index is 12.5. The lowest BCUT2D eigenvalue weighted by Gasteiger charge is -2.23. The van der Waals surface area contributed by atoms with Gasteiger partial charge in [-0.05, 0) is 31.0 Å². The quantitative estimate of drug-likeness (QED) is 0.859. The number of sulfonamides is 1. The molecule has 1 heterocycles. The van der Waals surface area contributed by atoms with E-state index in [0.717, 1.165) is 6.42 Å². The molecule has 0 bridgehead atoms. The van der Waals surface area contributed by atoms with Gasteiger partial charge >= 0.3 is 0 Å². The van der Waals surface area contributed by atoms with Crippen molar-refractivity contribution in [1.29, 1.82) is 0 Å². The highest BCUT2D eigenvalue weighted by Gasteiger charge is 2.26. The van der Waals surface area contributed by atoms with E-state index in [1.165, 1.54) is 6.07 Å². The van der Waals surface area contributed by atoms with Crippen LogP contribution >= 0.6 is 15.9 Å². The third-order valence-corrected chi connectivity index (χ3v) is 5.48. The molecule has 1 atom stereocenters. The zero-order valence-electron chi connectivity index (χ0n) is 11.8. The lowest BCUT2D eigenvalue weighted by Crippen LogP contribution is -2.37. The number of amides is 1. The molecule has 0 aliphatic carbocycles. The van der Waals surface area contributed by atoms with Crippen LogP contribution in [0, 0.1) is 6.92 Å². The molecule has 0 radical (unpaired) electrons. The number of hydrogen-bond acceptors (Lipinski definition) is 4. The van der Waals surface area contributed by atoms with Gasteiger partial charge in [0.05, 0.1) is 17.5 Å². The minimum atomic E-state index is -3.88. The summed E-state index contributed by atoms with van der Waals surface area (Å²) in [6, 6.07) is 2.94. The normalized spacial score (nSPS) is 18.8. The first kappa shape index (κ1) is 16.4. The van der Waals surface area contributed by atoms with Crippen LogP contribution in [0.1, 0.15) is 22.3 Å². The van der Waals surface area contributed by atoms with Crippen LogP contribution in [-0.4, -0.2) is 45.5 Å². The average Bonchev–Trinajstić information content (AvgIpc) is 2.92. The van der Waals surface area contributed by atoms with Crippen LogP contribution in [0.4, 0.5) is 0 Å². The Kier molecular flexibility index (Phi) is 4.72. The molecule has 116 valence electrons. The summed E-state index contributed by atoms with van der Waals surface area (Å²) in [6.07, 6.45) is 0.775. The molecular weight excluding hydrogens is 360 g/mol. The summed E-state index contributed by atoms with van der Waals surface area (Å²) in [5.41, 5.74) is 0.770. The highest BCUT2D eigenvalue weighted by atomic mass is 79.9. The lowest BCUT2D eigenvalue weighted by molar-refractivity contribution is 0.0711. The van der Waals surface area contributed by atoms with Crippen molar-refractivity contribution in [3.63, 3.8) is 0 Å². The number of hydrogen-bond donors (Lipinski definition) is 1. The Balaban J connectivity index is 2.40. The summed E-state index contributed by atoms with van der Waals surface area (Å²) < 4.78 is 29.0. The Bertz CT molecular complexity index is 669. The second kappa shape index (κ2) is 6.04. The van der Waals surface area contributed by atoms with E-state index < -0.39 is 10.0 Å².